The summed E-state index contributed by atoms with van der Waals surface area (Å²) in [4.78, 5) is 8.96. The number of aromatic nitrogens is 6. The molecular weight excluding hydrogens is 254 g/mol. The molecule has 3 heterocycles. The number of anilines is 1. The minimum atomic E-state index is 0.600. The molecule has 0 aliphatic heterocycles. The predicted octanol–water partition coefficient (Wildman–Crippen LogP) is 2.06. The number of aryl methyl sites for hydroxylation is 1. The molecule has 0 radical (unpaired) electrons. The summed E-state index contributed by atoms with van der Waals surface area (Å²) in [6.07, 6.45) is 6.64. The normalized spacial score (nSPS) is 11.1. The Balaban J connectivity index is 2.09. The van der Waals surface area contributed by atoms with Gasteiger partial charge in [-0.15, -0.1) is 0 Å². The van der Waals surface area contributed by atoms with Crippen LogP contribution in [-0.4, -0.2) is 36.5 Å². The minimum Gasteiger partial charge on any atom is -0.354 e. The Morgan fingerprint density at radius 3 is 2.95 bits per heavy atom. The molecule has 3 aromatic heterocycles. The second-order valence-corrected chi connectivity index (χ2v) is 4.55. The quantitative estimate of drug-likeness (QED) is 0.742. The second-order valence-electron chi connectivity index (χ2n) is 4.55. The van der Waals surface area contributed by atoms with Crippen molar-refractivity contribution in [3.8, 4) is 11.3 Å². The standard InChI is InChI=1S/C13H17N7/c1-3-5-20-8-9(6-16-20)11-10-7-15-19-12(10)18-13(17-11)14-4-2/h6-8H,3-5H2,1-2H3,(H2,14,15,17,18,19). The average molecular weight is 271 g/mol. The lowest BCUT2D eigenvalue weighted by Gasteiger charge is -2.04. The van der Waals surface area contributed by atoms with Crippen molar-refractivity contribution in [2.45, 2.75) is 26.8 Å². The van der Waals surface area contributed by atoms with Gasteiger partial charge in [-0.25, -0.2) is 4.98 Å². The van der Waals surface area contributed by atoms with E-state index in [4.69, 9.17) is 0 Å². The number of H-pyrrole nitrogens is 1. The molecule has 0 bridgehead atoms. The largest absolute Gasteiger partial charge is 0.354 e. The van der Waals surface area contributed by atoms with E-state index in [1.54, 1.807) is 6.20 Å². The van der Waals surface area contributed by atoms with E-state index in [0.717, 1.165) is 41.8 Å². The SMILES string of the molecule is CCCn1cc(-c2nc(NCC)nc3[nH]ncc23)cn1. The first-order valence-electron chi connectivity index (χ1n) is 6.79. The predicted molar refractivity (Wildman–Crippen MR) is 77.4 cm³/mol. The lowest BCUT2D eigenvalue weighted by molar-refractivity contribution is 0.603. The van der Waals surface area contributed by atoms with Gasteiger partial charge in [0, 0.05) is 24.8 Å². The summed E-state index contributed by atoms with van der Waals surface area (Å²) in [6.45, 7) is 5.82. The number of hydrogen-bond donors (Lipinski definition) is 2. The Morgan fingerprint density at radius 2 is 2.15 bits per heavy atom. The van der Waals surface area contributed by atoms with Gasteiger partial charge in [0.15, 0.2) is 5.65 Å². The molecule has 0 fully saturated rings. The minimum absolute atomic E-state index is 0.600. The summed E-state index contributed by atoms with van der Waals surface area (Å²) in [5, 5.41) is 15.3. The number of aromatic amines is 1. The third-order valence-corrected chi connectivity index (χ3v) is 3.00. The van der Waals surface area contributed by atoms with Gasteiger partial charge in [-0.2, -0.15) is 15.2 Å². The maximum Gasteiger partial charge on any atom is 0.225 e. The number of fused-ring (bicyclic) bond motifs is 1. The fourth-order valence-electron chi connectivity index (χ4n) is 2.13. The van der Waals surface area contributed by atoms with Crippen molar-refractivity contribution in [3.63, 3.8) is 0 Å². The summed E-state index contributed by atoms with van der Waals surface area (Å²) in [7, 11) is 0. The van der Waals surface area contributed by atoms with Gasteiger partial charge in [0.25, 0.3) is 0 Å². The first-order chi connectivity index (χ1) is 9.81. The van der Waals surface area contributed by atoms with Crippen molar-refractivity contribution in [1.82, 2.24) is 29.9 Å². The highest BCUT2D eigenvalue weighted by atomic mass is 15.3. The molecule has 104 valence electrons. The molecule has 0 amide bonds. The molecule has 7 nitrogen and oxygen atoms in total. The van der Waals surface area contributed by atoms with Crippen LogP contribution >= 0.6 is 0 Å². The fraction of sp³-hybridized carbons (Fsp3) is 0.385. The van der Waals surface area contributed by atoms with Crippen LogP contribution in [-0.2, 0) is 6.54 Å². The molecule has 2 N–H and O–H groups in total. The Kier molecular flexibility index (Phi) is 3.32. The molecule has 0 saturated carbocycles. The topological polar surface area (TPSA) is 84.3 Å². The van der Waals surface area contributed by atoms with Crippen LogP contribution in [0.1, 0.15) is 20.3 Å². The highest BCUT2D eigenvalue weighted by molar-refractivity contribution is 5.90. The van der Waals surface area contributed by atoms with Gasteiger partial charge in [-0.3, -0.25) is 9.78 Å². The molecule has 0 spiro atoms. The third kappa shape index (κ3) is 2.22. The van der Waals surface area contributed by atoms with Gasteiger partial charge in [-0.05, 0) is 13.3 Å². The number of rotatable bonds is 5. The van der Waals surface area contributed by atoms with E-state index in [1.165, 1.54) is 0 Å². The van der Waals surface area contributed by atoms with E-state index < -0.39 is 0 Å². The van der Waals surface area contributed by atoms with Crippen molar-refractivity contribution in [2.75, 3.05) is 11.9 Å². The zero-order valence-corrected chi connectivity index (χ0v) is 11.6. The van der Waals surface area contributed by atoms with Crippen molar-refractivity contribution in [3.05, 3.63) is 18.6 Å². The molecule has 3 aromatic rings. The number of hydrogen-bond acceptors (Lipinski definition) is 5. The molecule has 0 atom stereocenters. The summed E-state index contributed by atoms with van der Waals surface area (Å²) < 4.78 is 1.93. The van der Waals surface area contributed by atoms with Crippen LogP contribution in [0.15, 0.2) is 18.6 Å². The molecule has 7 heteroatoms. The first-order valence-corrected chi connectivity index (χ1v) is 6.79. The second kappa shape index (κ2) is 5.28. The zero-order chi connectivity index (χ0) is 13.9. The third-order valence-electron chi connectivity index (χ3n) is 3.00. The Labute approximate surface area is 116 Å². The maximum absolute atomic E-state index is 4.57. The molecule has 0 aliphatic rings. The van der Waals surface area contributed by atoms with Crippen LogP contribution in [0.25, 0.3) is 22.3 Å². The van der Waals surface area contributed by atoms with Crippen LogP contribution in [0.5, 0.6) is 0 Å². The highest BCUT2D eigenvalue weighted by Gasteiger charge is 2.12. The van der Waals surface area contributed by atoms with E-state index in [0.29, 0.717) is 5.95 Å². The van der Waals surface area contributed by atoms with Gasteiger partial charge in [-0.1, -0.05) is 6.92 Å². The molecular formula is C13H17N7. The van der Waals surface area contributed by atoms with Crippen molar-refractivity contribution in [2.24, 2.45) is 0 Å². The maximum atomic E-state index is 4.57. The van der Waals surface area contributed by atoms with Crippen LogP contribution in [0.4, 0.5) is 5.95 Å². The molecule has 20 heavy (non-hydrogen) atoms. The van der Waals surface area contributed by atoms with Gasteiger partial charge in [0.1, 0.15) is 0 Å². The van der Waals surface area contributed by atoms with Crippen LogP contribution < -0.4 is 5.32 Å². The van der Waals surface area contributed by atoms with Gasteiger partial charge < -0.3 is 5.32 Å². The Morgan fingerprint density at radius 1 is 1.25 bits per heavy atom. The Bertz CT molecular complexity index is 712. The van der Waals surface area contributed by atoms with Crippen LogP contribution in [0.3, 0.4) is 0 Å². The molecule has 0 aromatic carbocycles. The Hall–Kier alpha value is -2.44. The summed E-state index contributed by atoms with van der Waals surface area (Å²) >= 11 is 0. The smallest absolute Gasteiger partial charge is 0.225 e. The summed E-state index contributed by atoms with van der Waals surface area (Å²) in [6, 6.07) is 0. The monoisotopic (exact) mass is 271 g/mol. The highest BCUT2D eigenvalue weighted by Crippen LogP contribution is 2.25. The van der Waals surface area contributed by atoms with E-state index in [2.05, 4.69) is 37.5 Å². The average Bonchev–Trinajstić information content (AvgIpc) is 3.07. The fourth-order valence-corrected chi connectivity index (χ4v) is 2.13. The van der Waals surface area contributed by atoms with E-state index >= 15 is 0 Å². The number of nitrogens with zero attached hydrogens (tertiary/aromatic N) is 5. The summed E-state index contributed by atoms with van der Waals surface area (Å²) in [5.74, 6) is 0.600. The van der Waals surface area contributed by atoms with Crippen LogP contribution in [0.2, 0.25) is 0 Å². The zero-order valence-electron chi connectivity index (χ0n) is 11.6. The molecule has 0 saturated heterocycles. The van der Waals surface area contributed by atoms with Gasteiger partial charge >= 0.3 is 0 Å². The molecule has 0 aliphatic carbocycles. The van der Waals surface area contributed by atoms with Gasteiger partial charge in [0.05, 0.1) is 23.5 Å². The number of nitrogens with one attached hydrogen (secondary N) is 2. The van der Waals surface area contributed by atoms with E-state index in [1.807, 2.05) is 24.0 Å². The van der Waals surface area contributed by atoms with E-state index in [-0.39, 0.29) is 0 Å². The lowest BCUT2D eigenvalue weighted by atomic mass is 10.2. The van der Waals surface area contributed by atoms with Crippen LogP contribution in [0, 0.1) is 0 Å². The van der Waals surface area contributed by atoms with Crippen molar-refractivity contribution >= 4 is 17.0 Å². The van der Waals surface area contributed by atoms with E-state index in [9.17, 15) is 0 Å². The first kappa shape index (κ1) is 12.6. The lowest BCUT2D eigenvalue weighted by Crippen LogP contribution is -2.03. The summed E-state index contributed by atoms with van der Waals surface area (Å²) in [5.41, 5.74) is 2.56. The molecule has 3 rings (SSSR count). The van der Waals surface area contributed by atoms with Crippen molar-refractivity contribution in [1.29, 1.82) is 0 Å². The van der Waals surface area contributed by atoms with Gasteiger partial charge in [0.2, 0.25) is 5.95 Å². The molecule has 0 unspecified atom stereocenters. The van der Waals surface area contributed by atoms with Crippen molar-refractivity contribution < 1.29 is 0 Å².